The summed E-state index contributed by atoms with van der Waals surface area (Å²) >= 11 is 0. The highest BCUT2D eigenvalue weighted by Crippen LogP contribution is 2.36. The van der Waals surface area contributed by atoms with Crippen molar-refractivity contribution in [2.24, 2.45) is 5.92 Å². The second-order valence-electron chi connectivity index (χ2n) is 4.57. The Balaban J connectivity index is 2.05. The first kappa shape index (κ1) is 11.4. The number of hydrogen-bond donors (Lipinski definition) is 2. The minimum Gasteiger partial charge on any atom is -0.392 e. The third-order valence-electron chi connectivity index (χ3n) is 3.21. The average molecular weight is 220 g/mol. The van der Waals surface area contributed by atoms with Gasteiger partial charge in [0.2, 0.25) is 0 Å². The van der Waals surface area contributed by atoms with E-state index in [0.717, 1.165) is 17.2 Å². The number of pyridine rings is 1. The Morgan fingerprint density at radius 1 is 1.56 bits per heavy atom. The van der Waals surface area contributed by atoms with Crippen molar-refractivity contribution < 1.29 is 5.11 Å². The van der Waals surface area contributed by atoms with Gasteiger partial charge in [0.1, 0.15) is 0 Å². The number of hydrogen-bond acceptors (Lipinski definition) is 3. The van der Waals surface area contributed by atoms with Crippen molar-refractivity contribution in [1.82, 2.24) is 4.98 Å². The topological polar surface area (TPSA) is 45.2 Å². The van der Waals surface area contributed by atoms with Crippen molar-refractivity contribution in [1.29, 1.82) is 0 Å². The second kappa shape index (κ2) is 5.30. The van der Waals surface area contributed by atoms with Crippen LogP contribution in [0.3, 0.4) is 0 Å². The van der Waals surface area contributed by atoms with Gasteiger partial charge in [0, 0.05) is 17.8 Å². The van der Waals surface area contributed by atoms with Crippen LogP contribution in [0, 0.1) is 5.92 Å². The van der Waals surface area contributed by atoms with Crippen LogP contribution in [0.15, 0.2) is 18.5 Å². The summed E-state index contributed by atoms with van der Waals surface area (Å²) in [7, 11) is 0. The zero-order valence-electron chi connectivity index (χ0n) is 9.82. The van der Waals surface area contributed by atoms with E-state index in [-0.39, 0.29) is 6.61 Å². The predicted octanol–water partition coefficient (Wildman–Crippen LogP) is 2.56. The van der Waals surface area contributed by atoms with E-state index < -0.39 is 0 Å². The molecule has 1 aliphatic rings. The molecule has 1 aromatic rings. The molecule has 0 bridgehead atoms. The maximum atomic E-state index is 9.25. The van der Waals surface area contributed by atoms with Gasteiger partial charge in [0.25, 0.3) is 0 Å². The number of aliphatic hydroxyl groups excluding tert-OH is 1. The lowest BCUT2D eigenvalue weighted by atomic mass is 10.1. The molecule has 0 spiro atoms. The van der Waals surface area contributed by atoms with E-state index >= 15 is 0 Å². The fourth-order valence-corrected chi connectivity index (χ4v) is 2.13. The Labute approximate surface area is 96.9 Å². The van der Waals surface area contributed by atoms with Gasteiger partial charge in [0.05, 0.1) is 18.5 Å². The van der Waals surface area contributed by atoms with E-state index in [9.17, 15) is 5.11 Å². The molecule has 1 heterocycles. The quantitative estimate of drug-likeness (QED) is 0.774. The van der Waals surface area contributed by atoms with Crippen LogP contribution >= 0.6 is 0 Å². The van der Waals surface area contributed by atoms with Crippen molar-refractivity contribution >= 4 is 5.69 Å². The standard InChI is InChI=1S/C13H20N2O/c1-2-3-12(10-4-5-10)15-13-8-14-7-6-11(13)9-16/h6-8,10,12,15-16H,2-5,9H2,1H3. The molecule has 2 N–H and O–H groups in total. The molecule has 0 aromatic carbocycles. The van der Waals surface area contributed by atoms with Gasteiger partial charge >= 0.3 is 0 Å². The second-order valence-corrected chi connectivity index (χ2v) is 4.57. The SMILES string of the molecule is CCCC(Nc1cnccc1CO)C1CC1. The molecule has 0 saturated heterocycles. The lowest BCUT2D eigenvalue weighted by Gasteiger charge is -2.20. The highest BCUT2D eigenvalue weighted by molar-refractivity contribution is 5.49. The highest BCUT2D eigenvalue weighted by Gasteiger charge is 2.30. The number of anilines is 1. The molecular weight excluding hydrogens is 200 g/mol. The summed E-state index contributed by atoms with van der Waals surface area (Å²) in [6.07, 6.45) is 8.62. The number of rotatable bonds is 6. The van der Waals surface area contributed by atoms with Crippen molar-refractivity contribution in [2.45, 2.75) is 45.3 Å². The monoisotopic (exact) mass is 220 g/mol. The van der Waals surface area contributed by atoms with Crippen LogP contribution in [0.25, 0.3) is 0 Å². The fourth-order valence-electron chi connectivity index (χ4n) is 2.13. The highest BCUT2D eigenvalue weighted by atomic mass is 16.3. The van der Waals surface area contributed by atoms with Crippen LogP contribution in [0.2, 0.25) is 0 Å². The molecule has 1 aromatic heterocycles. The molecule has 0 aliphatic heterocycles. The third-order valence-corrected chi connectivity index (χ3v) is 3.21. The summed E-state index contributed by atoms with van der Waals surface area (Å²) < 4.78 is 0. The van der Waals surface area contributed by atoms with Crippen LogP contribution in [-0.2, 0) is 6.61 Å². The maximum absolute atomic E-state index is 9.25. The summed E-state index contributed by atoms with van der Waals surface area (Å²) in [5.41, 5.74) is 1.94. The smallest absolute Gasteiger partial charge is 0.0703 e. The summed E-state index contributed by atoms with van der Waals surface area (Å²) in [6.45, 7) is 2.29. The first-order valence-corrected chi connectivity index (χ1v) is 6.15. The van der Waals surface area contributed by atoms with Gasteiger partial charge in [-0.3, -0.25) is 4.98 Å². The van der Waals surface area contributed by atoms with Gasteiger partial charge in [-0.1, -0.05) is 13.3 Å². The Morgan fingerprint density at radius 2 is 2.38 bits per heavy atom. The third kappa shape index (κ3) is 2.73. The van der Waals surface area contributed by atoms with Crippen LogP contribution in [0.1, 0.15) is 38.2 Å². The van der Waals surface area contributed by atoms with Crippen LogP contribution in [0.5, 0.6) is 0 Å². The molecule has 0 radical (unpaired) electrons. The molecule has 16 heavy (non-hydrogen) atoms. The van der Waals surface area contributed by atoms with Gasteiger partial charge in [-0.15, -0.1) is 0 Å². The first-order valence-electron chi connectivity index (χ1n) is 6.15. The van der Waals surface area contributed by atoms with E-state index in [4.69, 9.17) is 0 Å². The van der Waals surface area contributed by atoms with Crippen molar-refractivity contribution in [2.75, 3.05) is 5.32 Å². The number of nitrogens with zero attached hydrogens (tertiary/aromatic N) is 1. The average Bonchev–Trinajstić information content (AvgIpc) is 3.13. The van der Waals surface area contributed by atoms with E-state index in [1.165, 1.54) is 25.7 Å². The summed E-state index contributed by atoms with van der Waals surface area (Å²) in [6, 6.07) is 2.43. The number of aromatic nitrogens is 1. The molecule has 1 fully saturated rings. The Hall–Kier alpha value is -1.09. The molecule has 3 nitrogen and oxygen atoms in total. The zero-order chi connectivity index (χ0) is 11.4. The Kier molecular flexibility index (Phi) is 3.78. The largest absolute Gasteiger partial charge is 0.392 e. The molecule has 0 amide bonds. The molecule has 3 heteroatoms. The molecule has 2 rings (SSSR count). The van der Waals surface area contributed by atoms with Crippen molar-refractivity contribution in [3.8, 4) is 0 Å². The summed E-state index contributed by atoms with van der Waals surface area (Å²) in [5, 5.41) is 12.8. The number of nitrogens with one attached hydrogen (secondary N) is 1. The van der Waals surface area contributed by atoms with Crippen LogP contribution in [-0.4, -0.2) is 16.1 Å². The van der Waals surface area contributed by atoms with E-state index in [2.05, 4.69) is 17.2 Å². The van der Waals surface area contributed by atoms with Gasteiger partial charge in [-0.25, -0.2) is 0 Å². The molecule has 1 unspecified atom stereocenters. The van der Waals surface area contributed by atoms with E-state index in [0.29, 0.717) is 6.04 Å². The molecule has 1 saturated carbocycles. The molecule has 1 atom stereocenters. The minimum atomic E-state index is 0.0777. The van der Waals surface area contributed by atoms with Crippen molar-refractivity contribution in [3.05, 3.63) is 24.0 Å². The van der Waals surface area contributed by atoms with Gasteiger partial charge in [-0.05, 0) is 31.2 Å². The Morgan fingerprint density at radius 3 is 3.00 bits per heavy atom. The normalized spacial score (nSPS) is 17.1. The minimum absolute atomic E-state index is 0.0777. The van der Waals surface area contributed by atoms with E-state index in [1.807, 2.05) is 12.3 Å². The molecule has 88 valence electrons. The van der Waals surface area contributed by atoms with Crippen LogP contribution < -0.4 is 5.32 Å². The van der Waals surface area contributed by atoms with Gasteiger partial charge in [-0.2, -0.15) is 0 Å². The van der Waals surface area contributed by atoms with Gasteiger partial charge in [0.15, 0.2) is 0 Å². The zero-order valence-corrected chi connectivity index (χ0v) is 9.82. The summed E-state index contributed by atoms with van der Waals surface area (Å²) in [5.74, 6) is 0.826. The predicted molar refractivity (Wildman–Crippen MR) is 65.2 cm³/mol. The Bertz CT molecular complexity index is 336. The number of aliphatic hydroxyl groups is 1. The fraction of sp³-hybridized carbons (Fsp3) is 0.615. The van der Waals surface area contributed by atoms with Gasteiger partial charge < -0.3 is 10.4 Å². The lowest BCUT2D eigenvalue weighted by molar-refractivity contribution is 0.282. The lowest BCUT2D eigenvalue weighted by Crippen LogP contribution is -2.22. The van der Waals surface area contributed by atoms with Crippen LogP contribution in [0.4, 0.5) is 5.69 Å². The molecule has 1 aliphatic carbocycles. The summed E-state index contributed by atoms with van der Waals surface area (Å²) in [4.78, 5) is 4.11. The maximum Gasteiger partial charge on any atom is 0.0703 e. The molecular formula is C13H20N2O. The first-order chi connectivity index (χ1) is 7.85. The van der Waals surface area contributed by atoms with E-state index in [1.54, 1.807) is 6.20 Å². The van der Waals surface area contributed by atoms with Crippen molar-refractivity contribution in [3.63, 3.8) is 0 Å².